The Morgan fingerprint density at radius 1 is 1.55 bits per heavy atom. The van der Waals surface area contributed by atoms with Crippen LogP contribution in [0.4, 0.5) is 0 Å². The number of aliphatic hydroxyl groups is 3. The quantitative estimate of drug-likeness (QED) is 0.490. The molecular formula is C8H12O3. The van der Waals surface area contributed by atoms with Gasteiger partial charge in [-0.2, -0.15) is 0 Å². The van der Waals surface area contributed by atoms with Gasteiger partial charge in [0, 0.05) is 0 Å². The molecule has 0 heterocycles. The van der Waals surface area contributed by atoms with Crippen molar-refractivity contribution >= 4 is 0 Å². The molecule has 0 aromatic carbocycles. The molecule has 0 aliphatic heterocycles. The summed E-state index contributed by atoms with van der Waals surface area (Å²) in [5.74, 6) is -2.44. The Bertz CT molecular complexity index is 203. The summed E-state index contributed by atoms with van der Waals surface area (Å²) in [5, 5.41) is 27.7. The summed E-state index contributed by atoms with van der Waals surface area (Å²) < 4.78 is 0. The molecule has 0 saturated carbocycles. The fourth-order valence-corrected chi connectivity index (χ4v) is 1.25. The average molecular weight is 156 g/mol. The third-order valence-electron chi connectivity index (χ3n) is 1.89. The van der Waals surface area contributed by atoms with Crippen LogP contribution >= 0.6 is 0 Å². The largest absolute Gasteiger partial charge is 0.512 e. The number of hydrogen-bond donors (Lipinski definition) is 3. The van der Waals surface area contributed by atoms with Crippen molar-refractivity contribution in [3.63, 3.8) is 0 Å². The summed E-state index contributed by atoms with van der Waals surface area (Å²) in [6.07, 6.45) is 4.67. The van der Waals surface area contributed by atoms with Crippen LogP contribution in [0.2, 0.25) is 0 Å². The molecule has 0 radical (unpaired) electrons. The van der Waals surface area contributed by atoms with Crippen LogP contribution in [-0.2, 0) is 0 Å². The number of rotatable bonds is 1. The zero-order valence-electron chi connectivity index (χ0n) is 6.36. The van der Waals surface area contributed by atoms with Gasteiger partial charge >= 0.3 is 0 Å². The van der Waals surface area contributed by atoms with Crippen LogP contribution in [0, 0.1) is 5.92 Å². The number of aliphatic hydroxyl groups excluding tert-OH is 1. The van der Waals surface area contributed by atoms with Gasteiger partial charge in [0.1, 0.15) is 5.76 Å². The van der Waals surface area contributed by atoms with Gasteiger partial charge in [0.05, 0.1) is 5.92 Å². The Balaban J connectivity index is 2.88. The van der Waals surface area contributed by atoms with E-state index in [0.717, 1.165) is 0 Å². The van der Waals surface area contributed by atoms with Gasteiger partial charge in [0.2, 0.25) is 0 Å². The molecule has 0 bridgehead atoms. The molecule has 0 spiro atoms. The lowest BCUT2D eigenvalue weighted by Crippen LogP contribution is -2.37. The second-order valence-electron chi connectivity index (χ2n) is 2.69. The maximum Gasteiger partial charge on any atom is 0.193 e. The van der Waals surface area contributed by atoms with Gasteiger partial charge in [-0.25, -0.2) is 0 Å². The van der Waals surface area contributed by atoms with Crippen molar-refractivity contribution in [2.45, 2.75) is 19.1 Å². The molecule has 0 aromatic rings. The van der Waals surface area contributed by atoms with E-state index < -0.39 is 11.7 Å². The molecule has 0 amide bonds. The monoisotopic (exact) mass is 156 g/mol. The molecule has 62 valence electrons. The molecule has 1 atom stereocenters. The van der Waals surface area contributed by atoms with Crippen molar-refractivity contribution in [1.29, 1.82) is 0 Å². The molecule has 1 unspecified atom stereocenters. The van der Waals surface area contributed by atoms with Gasteiger partial charge in [-0.15, -0.1) is 0 Å². The van der Waals surface area contributed by atoms with Crippen molar-refractivity contribution in [2.24, 2.45) is 5.92 Å². The minimum Gasteiger partial charge on any atom is -0.512 e. The van der Waals surface area contributed by atoms with Crippen molar-refractivity contribution in [2.75, 3.05) is 0 Å². The fourth-order valence-electron chi connectivity index (χ4n) is 1.25. The summed E-state index contributed by atoms with van der Waals surface area (Å²) in [7, 11) is 0. The van der Waals surface area contributed by atoms with Gasteiger partial charge < -0.3 is 15.3 Å². The Hall–Kier alpha value is -0.800. The van der Waals surface area contributed by atoms with Crippen molar-refractivity contribution in [3.8, 4) is 0 Å². The summed E-state index contributed by atoms with van der Waals surface area (Å²) >= 11 is 0. The standard InChI is InChI=1S/C8H12O3/c1-2-6-7(9)4-3-5-8(6,10)11/h3-6,9-11H,2H2,1H3. The summed E-state index contributed by atoms with van der Waals surface area (Å²) in [6.45, 7) is 1.79. The van der Waals surface area contributed by atoms with E-state index in [2.05, 4.69) is 0 Å². The van der Waals surface area contributed by atoms with Crippen LogP contribution in [0.25, 0.3) is 0 Å². The molecule has 11 heavy (non-hydrogen) atoms. The molecule has 1 rings (SSSR count). The van der Waals surface area contributed by atoms with Crippen LogP contribution in [0.15, 0.2) is 24.0 Å². The molecule has 3 heteroatoms. The molecule has 3 N–H and O–H groups in total. The first kappa shape index (κ1) is 8.30. The normalized spacial score (nSPS) is 28.3. The van der Waals surface area contributed by atoms with E-state index in [0.29, 0.717) is 6.42 Å². The topological polar surface area (TPSA) is 60.7 Å². The van der Waals surface area contributed by atoms with Gasteiger partial charge in [-0.05, 0) is 18.6 Å². The molecule has 0 aromatic heterocycles. The molecule has 3 nitrogen and oxygen atoms in total. The molecule has 1 aliphatic rings. The second kappa shape index (κ2) is 2.68. The van der Waals surface area contributed by atoms with Crippen LogP contribution in [0.5, 0.6) is 0 Å². The van der Waals surface area contributed by atoms with Crippen LogP contribution in [0.3, 0.4) is 0 Å². The predicted molar refractivity (Wildman–Crippen MR) is 40.8 cm³/mol. The first-order chi connectivity index (χ1) is 5.08. The minimum absolute atomic E-state index is 0.0278. The molecule has 1 aliphatic carbocycles. The highest BCUT2D eigenvalue weighted by atomic mass is 16.5. The number of allylic oxidation sites excluding steroid dienone is 2. The van der Waals surface area contributed by atoms with Gasteiger partial charge in [-0.3, -0.25) is 0 Å². The third kappa shape index (κ3) is 1.44. The van der Waals surface area contributed by atoms with E-state index >= 15 is 0 Å². The van der Waals surface area contributed by atoms with E-state index in [4.69, 9.17) is 0 Å². The van der Waals surface area contributed by atoms with E-state index in [-0.39, 0.29) is 5.76 Å². The van der Waals surface area contributed by atoms with Crippen LogP contribution in [-0.4, -0.2) is 21.1 Å². The highest BCUT2D eigenvalue weighted by Gasteiger charge is 2.34. The van der Waals surface area contributed by atoms with E-state index in [1.165, 1.54) is 18.2 Å². The summed E-state index contributed by atoms with van der Waals surface area (Å²) in [4.78, 5) is 0. The van der Waals surface area contributed by atoms with E-state index in [9.17, 15) is 15.3 Å². The lowest BCUT2D eigenvalue weighted by atomic mass is 9.90. The second-order valence-corrected chi connectivity index (χ2v) is 2.69. The van der Waals surface area contributed by atoms with E-state index in [1.807, 2.05) is 0 Å². The highest BCUT2D eigenvalue weighted by Crippen LogP contribution is 2.28. The average Bonchev–Trinajstić information content (AvgIpc) is 1.86. The van der Waals surface area contributed by atoms with Gasteiger partial charge in [-0.1, -0.05) is 13.0 Å². The Morgan fingerprint density at radius 3 is 2.55 bits per heavy atom. The zero-order valence-corrected chi connectivity index (χ0v) is 6.36. The highest BCUT2D eigenvalue weighted by molar-refractivity contribution is 5.21. The third-order valence-corrected chi connectivity index (χ3v) is 1.89. The Morgan fingerprint density at radius 2 is 2.18 bits per heavy atom. The SMILES string of the molecule is CCC1C(O)=CC=CC1(O)O. The zero-order chi connectivity index (χ0) is 8.48. The van der Waals surface area contributed by atoms with Crippen molar-refractivity contribution in [3.05, 3.63) is 24.0 Å². The lowest BCUT2D eigenvalue weighted by Gasteiger charge is -2.29. The fraction of sp³-hybridized carbons (Fsp3) is 0.500. The smallest absolute Gasteiger partial charge is 0.193 e. The first-order valence-electron chi connectivity index (χ1n) is 3.61. The predicted octanol–water partition coefficient (Wildman–Crippen LogP) is 0.705. The Kier molecular flexibility index (Phi) is 2.02. The van der Waals surface area contributed by atoms with Crippen molar-refractivity contribution < 1.29 is 15.3 Å². The summed E-state index contributed by atoms with van der Waals surface area (Å²) in [5.41, 5.74) is 0. The Labute approximate surface area is 65.3 Å². The lowest BCUT2D eigenvalue weighted by molar-refractivity contribution is -0.158. The number of hydrogen-bond acceptors (Lipinski definition) is 3. The van der Waals surface area contributed by atoms with Crippen LogP contribution < -0.4 is 0 Å². The van der Waals surface area contributed by atoms with E-state index in [1.54, 1.807) is 6.92 Å². The van der Waals surface area contributed by atoms with Gasteiger partial charge in [0.25, 0.3) is 0 Å². The first-order valence-corrected chi connectivity index (χ1v) is 3.61. The minimum atomic E-state index is -1.88. The van der Waals surface area contributed by atoms with Crippen LogP contribution in [0.1, 0.15) is 13.3 Å². The molecular weight excluding hydrogens is 144 g/mol. The summed E-state index contributed by atoms with van der Waals surface area (Å²) in [6, 6.07) is 0. The molecule has 0 saturated heterocycles. The van der Waals surface area contributed by atoms with Gasteiger partial charge in [0.15, 0.2) is 5.79 Å². The maximum atomic E-state index is 9.27. The molecule has 0 fully saturated rings. The maximum absolute atomic E-state index is 9.27. The van der Waals surface area contributed by atoms with Crippen molar-refractivity contribution in [1.82, 2.24) is 0 Å².